The maximum absolute atomic E-state index is 10.6. The monoisotopic (exact) mass is 225 g/mol. The largest absolute Gasteiger partial charge is 0.455 e. The second kappa shape index (κ2) is 5.11. The van der Waals surface area contributed by atoms with Gasteiger partial charge in [0.15, 0.2) is 0 Å². The summed E-state index contributed by atoms with van der Waals surface area (Å²) < 4.78 is 9.93. The van der Waals surface area contributed by atoms with E-state index in [0.29, 0.717) is 5.75 Å². The molecule has 0 bridgehead atoms. The molecule has 6 nitrogen and oxygen atoms in total. The average molecular weight is 225 g/mol. The summed E-state index contributed by atoms with van der Waals surface area (Å²) >= 11 is 0. The molecule has 0 saturated heterocycles. The highest BCUT2D eigenvalue weighted by atomic mass is 16.7. The fourth-order valence-electron chi connectivity index (χ4n) is 1.10. The second-order valence-corrected chi connectivity index (χ2v) is 3.05. The van der Waals surface area contributed by atoms with Crippen molar-refractivity contribution in [2.45, 2.75) is 20.1 Å². The minimum absolute atomic E-state index is 0.0208. The van der Waals surface area contributed by atoms with Crippen LogP contribution in [0.15, 0.2) is 24.3 Å². The van der Waals surface area contributed by atoms with E-state index >= 15 is 0 Å². The number of nitro benzene ring substituents is 1. The SMILES string of the molecule is CC(=O)OC(C)Oc1ccc([N+](=O)[O-])cc1. The van der Waals surface area contributed by atoms with Crippen LogP contribution in [0.1, 0.15) is 13.8 Å². The van der Waals surface area contributed by atoms with Crippen LogP contribution in [-0.2, 0) is 9.53 Å². The number of rotatable bonds is 4. The predicted molar refractivity (Wildman–Crippen MR) is 55.0 cm³/mol. The molecule has 1 atom stereocenters. The molecule has 0 amide bonds. The maximum Gasteiger partial charge on any atom is 0.305 e. The summed E-state index contributed by atoms with van der Waals surface area (Å²) in [6, 6.07) is 5.52. The first kappa shape index (κ1) is 12.0. The fourth-order valence-corrected chi connectivity index (χ4v) is 1.10. The zero-order chi connectivity index (χ0) is 12.1. The first-order valence-corrected chi connectivity index (χ1v) is 4.57. The Bertz CT molecular complexity index is 387. The topological polar surface area (TPSA) is 78.7 Å². The minimum Gasteiger partial charge on any atom is -0.455 e. The molecule has 1 aromatic carbocycles. The van der Waals surface area contributed by atoms with Gasteiger partial charge in [0, 0.05) is 26.0 Å². The molecule has 1 unspecified atom stereocenters. The fraction of sp³-hybridized carbons (Fsp3) is 0.300. The van der Waals surface area contributed by atoms with Crippen molar-refractivity contribution in [1.29, 1.82) is 0 Å². The Hall–Kier alpha value is -2.11. The molecule has 6 heteroatoms. The summed E-state index contributed by atoms with van der Waals surface area (Å²) in [6.45, 7) is 2.83. The molecule has 0 fully saturated rings. The van der Waals surface area contributed by atoms with Crippen molar-refractivity contribution in [2.75, 3.05) is 0 Å². The standard InChI is InChI=1S/C10H11NO5/c1-7(12)15-8(2)16-10-5-3-9(4-6-10)11(13)14/h3-6,8H,1-2H3. The summed E-state index contributed by atoms with van der Waals surface area (Å²) in [5, 5.41) is 10.4. The lowest BCUT2D eigenvalue weighted by Gasteiger charge is -2.13. The minimum atomic E-state index is -0.723. The third kappa shape index (κ3) is 3.56. The molecule has 0 aliphatic heterocycles. The van der Waals surface area contributed by atoms with Gasteiger partial charge in [-0.2, -0.15) is 0 Å². The van der Waals surface area contributed by atoms with Crippen molar-refractivity contribution in [1.82, 2.24) is 0 Å². The van der Waals surface area contributed by atoms with Crippen molar-refractivity contribution in [3.05, 3.63) is 34.4 Å². The average Bonchev–Trinajstić information content (AvgIpc) is 2.16. The number of non-ortho nitro benzene ring substituents is 1. The van der Waals surface area contributed by atoms with Crippen molar-refractivity contribution < 1.29 is 19.2 Å². The van der Waals surface area contributed by atoms with E-state index in [4.69, 9.17) is 9.47 Å². The first-order valence-electron chi connectivity index (χ1n) is 4.57. The summed E-state index contributed by atoms with van der Waals surface area (Å²) in [4.78, 5) is 20.5. The summed E-state index contributed by atoms with van der Waals surface area (Å²) in [5.74, 6) is -0.0474. The molecule has 0 N–H and O–H groups in total. The highest BCUT2D eigenvalue weighted by Gasteiger charge is 2.08. The zero-order valence-electron chi connectivity index (χ0n) is 8.88. The molecule has 0 aromatic heterocycles. The van der Waals surface area contributed by atoms with Gasteiger partial charge in [0.25, 0.3) is 5.69 Å². The number of esters is 1. The van der Waals surface area contributed by atoms with E-state index in [1.54, 1.807) is 6.92 Å². The lowest BCUT2D eigenvalue weighted by atomic mass is 10.3. The van der Waals surface area contributed by atoms with Gasteiger partial charge in [0.05, 0.1) is 4.92 Å². The van der Waals surface area contributed by atoms with Crippen LogP contribution < -0.4 is 4.74 Å². The number of carbonyl (C=O) groups excluding carboxylic acids is 1. The highest BCUT2D eigenvalue weighted by Crippen LogP contribution is 2.18. The maximum atomic E-state index is 10.6. The van der Waals surface area contributed by atoms with Gasteiger partial charge in [-0.1, -0.05) is 0 Å². The van der Waals surface area contributed by atoms with Gasteiger partial charge in [-0.25, -0.2) is 0 Å². The smallest absolute Gasteiger partial charge is 0.305 e. The van der Waals surface area contributed by atoms with Gasteiger partial charge in [-0.05, 0) is 12.1 Å². The van der Waals surface area contributed by atoms with Crippen molar-refractivity contribution >= 4 is 11.7 Å². The lowest BCUT2D eigenvalue weighted by molar-refractivity contribution is -0.384. The van der Waals surface area contributed by atoms with Gasteiger partial charge in [0.1, 0.15) is 5.75 Å². The van der Waals surface area contributed by atoms with E-state index in [0.717, 1.165) is 0 Å². The number of hydrogen-bond donors (Lipinski definition) is 0. The molecule has 0 heterocycles. The van der Waals surface area contributed by atoms with Crippen LogP contribution >= 0.6 is 0 Å². The van der Waals surface area contributed by atoms with Crippen LogP contribution in [0, 0.1) is 10.1 Å². The Morgan fingerprint density at radius 3 is 2.38 bits per heavy atom. The van der Waals surface area contributed by atoms with Gasteiger partial charge < -0.3 is 9.47 Å². The molecule has 0 radical (unpaired) electrons. The number of nitro groups is 1. The number of carbonyl (C=O) groups is 1. The van der Waals surface area contributed by atoms with E-state index < -0.39 is 17.2 Å². The van der Waals surface area contributed by atoms with Crippen molar-refractivity contribution in [3.63, 3.8) is 0 Å². The molecule has 0 aliphatic carbocycles. The molecule has 0 saturated carbocycles. The first-order chi connectivity index (χ1) is 7.49. The quantitative estimate of drug-likeness (QED) is 0.338. The Balaban J connectivity index is 2.61. The summed E-state index contributed by atoms with van der Waals surface area (Å²) in [6.07, 6.45) is -0.723. The molecule has 0 spiro atoms. The van der Waals surface area contributed by atoms with Crippen LogP contribution in [0.4, 0.5) is 5.69 Å². The van der Waals surface area contributed by atoms with Crippen LogP contribution in [0.3, 0.4) is 0 Å². The molecule has 86 valence electrons. The molecular weight excluding hydrogens is 214 g/mol. The Morgan fingerprint density at radius 2 is 1.94 bits per heavy atom. The van der Waals surface area contributed by atoms with E-state index in [-0.39, 0.29) is 5.69 Å². The van der Waals surface area contributed by atoms with Crippen LogP contribution in [0.2, 0.25) is 0 Å². The number of benzene rings is 1. The Morgan fingerprint density at radius 1 is 1.38 bits per heavy atom. The number of hydrogen-bond acceptors (Lipinski definition) is 5. The Labute approximate surface area is 91.9 Å². The zero-order valence-corrected chi connectivity index (χ0v) is 8.88. The van der Waals surface area contributed by atoms with Gasteiger partial charge in [-0.3, -0.25) is 14.9 Å². The Kier molecular flexibility index (Phi) is 3.82. The molecule has 1 rings (SSSR count). The van der Waals surface area contributed by atoms with Gasteiger partial charge in [0.2, 0.25) is 6.29 Å². The third-order valence-electron chi connectivity index (χ3n) is 1.68. The predicted octanol–water partition coefficient (Wildman–Crippen LogP) is 1.88. The lowest BCUT2D eigenvalue weighted by Crippen LogP contribution is -2.18. The summed E-state index contributed by atoms with van der Waals surface area (Å²) in [5.41, 5.74) is -0.0208. The summed E-state index contributed by atoms with van der Waals surface area (Å²) in [7, 11) is 0. The third-order valence-corrected chi connectivity index (χ3v) is 1.68. The number of nitrogens with zero attached hydrogens (tertiary/aromatic N) is 1. The van der Waals surface area contributed by atoms with E-state index in [9.17, 15) is 14.9 Å². The van der Waals surface area contributed by atoms with E-state index in [1.807, 2.05) is 0 Å². The highest BCUT2D eigenvalue weighted by molar-refractivity contribution is 5.66. The molecular formula is C10H11NO5. The van der Waals surface area contributed by atoms with Crippen molar-refractivity contribution in [2.24, 2.45) is 0 Å². The molecule has 16 heavy (non-hydrogen) atoms. The van der Waals surface area contributed by atoms with Gasteiger partial charge in [-0.15, -0.1) is 0 Å². The van der Waals surface area contributed by atoms with E-state index in [2.05, 4.69) is 0 Å². The van der Waals surface area contributed by atoms with E-state index in [1.165, 1.54) is 31.2 Å². The van der Waals surface area contributed by atoms with Crippen LogP contribution in [-0.4, -0.2) is 17.2 Å². The molecule has 0 aliphatic rings. The van der Waals surface area contributed by atoms with Crippen LogP contribution in [0.5, 0.6) is 5.75 Å². The normalized spacial score (nSPS) is 11.6. The number of ether oxygens (including phenoxy) is 2. The van der Waals surface area contributed by atoms with Crippen molar-refractivity contribution in [3.8, 4) is 5.75 Å². The molecule has 1 aromatic rings. The van der Waals surface area contributed by atoms with Crippen LogP contribution in [0.25, 0.3) is 0 Å². The second-order valence-electron chi connectivity index (χ2n) is 3.05. The van der Waals surface area contributed by atoms with Gasteiger partial charge >= 0.3 is 5.97 Å².